The molecule has 1 aliphatic carbocycles. The molecule has 0 aromatic heterocycles. The van der Waals surface area contributed by atoms with Crippen molar-refractivity contribution < 1.29 is 14.3 Å². The number of benzene rings is 2. The second-order valence-corrected chi connectivity index (χ2v) is 8.60. The van der Waals surface area contributed by atoms with Crippen LogP contribution in [0.25, 0.3) is 0 Å². The van der Waals surface area contributed by atoms with Gasteiger partial charge >= 0.3 is 0 Å². The number of anilines is 1. The molecule has 2 aromatic carbocycles. The molecule has 29 heavy (non-hydrogen) atoms. The summed E-state index contributed by atoms with van der Waals surface area (Å²) in [7, 11) is 0. The maximum Gasteiger partial charge on any atom is 0.267 e. The molecular formula is C24H28N2O3. The van der Waals surface area contributed by atoms with Crippen LogP contribution in [0.1, 0.15) is 57.2 Å². The minimum Gasteiger partial charge on any atom is -0.479 e. The van der Waals surface area contributed by atoms with Gasteiger partial charge in [-0.05, 0) is 48.4 Å². The fourth-order valence-corrected chi connectivity index (χ4v) is 4.43. The van der Waals surface area contributed by atoms with E-state index in [9.17, 15) is 9.59 Å². The Morgan fingerprint density at radius 2 is 1.90 bits per heavy atom. The minimum absolute atomic E-state index is 0.0262. The molecule has 0 radical (unpaired) electrons. The third-order valence-corrected chi connectivity index (χ3v) is 6.09. The van der Waals surface area contributed by atoms with E-state index in [1.807, 2.05) is 30.3 Å². The van der Waals surface area contributed by atoms with Crippen LogP contribution in [-0.4, -0.2) is 24.5 Å². The number of ether oxygens (including phenoxy) is 1. The first-order valence-electron chi connectivity index (χ1n) is 10.3. The number of nitrogens with zero attached hydrogens (tertiary/aromatic N) is 1. The summed E-state index contributed by atoms with van der Waals surface area (Å²) in [5, 5.41) is 3.19. The van der Waals surface area contributed by atoms with E-state index in [4.69, 9.17) is 4.74 Å². The van der Waals surface area contributed by atoms with Crippen LogP contribution in [-0.2, 0) is 15.0 Å². The molecule has 5 nitrogen and oxygen atoms in total. The Hall–Kier alpha value is -2.82. The first kappa shape index (κ1) is 19.5. The van der Waals surface area contributed by atoms with E-state index < -0.39 is 6.10 Å². The van der Waals surface area contributed by atoms with E-state index in [2.05, 4.69) is 37.4 Å². The highest BCUT2D eigenvalue weighted by Gasteiger charge is 2.34. The molecule has 2 unspecified atom stereocenters. The number of rotatable bonds is 4. The summed E-state index contributed by atoms with van der Waals surface area (Å²) in [6, 6.07) is 15.9. The number of carbonyl (C=O) groups is 2. The van der Waals surface area contributed by atoms with E-state index in [0.717, 1.165) is 18.5 Å². The van der Waals surface area contributed by atoms with Crippen molar-refractivity contribution in [3.63, 3.8) is 0 Å². The molecule has 4 rings (SSSR count). The third kappa shape index (κ3) is 3.74. The number of carbonyl (C=O) groups excluding carboxylic acids is 2. The zero-order chi connectivity index (χ0) is 20.6. The standard InChI is InChI=1S/C24H28N2O3/c1-16-23(28)26(20-10-6-7-11-21(20)29-16)15-13-22(27)25-19-12-14-24(2,3)18-9-5-4-8-17(18)19/h4-11,16,19H,12-15H2,1-3H3,(H,25,27). The van der Waals surface area contributed by atoms with Gasteiger partial charge in [0.05, 0.1) is 11.7 Å². The maximum absolute atomic E-state index is 12.7. The van der Waals surface area contributed by atoms with E-state index in [1.54, 1.807) is 11.8 Å². The third-order valence-electron chi connectivity index (χ3n) is 6.09. The van der Waals surface area contributed by atoms with Gasteiger partial charge < -0.3 is 15.0 Å². The normalized spacial score (nSPS) is 22.3. The summed E-state index contributed by atoms with van der Waals surface area (Å²) in [5.74, 6) is 0.540. The minimum atomic E-state index is -0.541. The van der Waals surface area contributed by atoms with E-state index in [1.165, 1.54) is 11.1 Å². The van der Waals surface area contributed by atoms with Crippen LogP contribution in [0.4, 0.5) is 5.69 Å². The van der Waals surface area contributed by atoms with Gasteiger partial charge in [0.2, 0.25) is 5.91 Å². The topological polar surface area (TPSA) is 58.6 Å². The van der Waals surface area contributed by atoms with Crippen LogP contribution in [0.15, 0.2) is 48.5 Å². The van der Waals surface area contributed by atoms with Crippen molar-refractivity contribution in [2.24, 2.45) is 0 Å². The van der Waals surface area contributed by atoms with Crippen molar-refractivity contribution in [3.05, 3.63) is 59.7 Å². The molecule has 2 amide bonds. The van der Waals surface area contributed by atoms with Crippen LogP contribution in [0.2, 0.25) is 0 Å². The average Bonchev–Trinajstić information content (AvgIpc) is 2.71. The van der Waals surface area contributed by atoms with Gasteiger partial charge in [0.1, 0.15) is 5.75 Å². The SMILES string of the molecule is CC1Oc2ccccc2N(CCC(=O)NC2CCC(C)(C)c3ccccc32)C1=O. The Morgan fingerprint density at radius 3 is 2.72 bits per heavy atom. The molecule has 5 heteroatoms. The molecular weight excluding hydrogens is 364 g/mol. The molecule has 152 valence electrons. The summed E-state index contributed by atoms with van der Waals surface area (Å²) < 4.78 is 5.67. The number of hydrogen-bond acceptors (Lipinski definition) is 3. The molecule has 2 atom stereocenters. The average molecular weight is 392 g/mol. The molecule has 1 N–H and O–H groups in total. The van der Waals surface area contributed by atoms with Gasteiger partial charge in [0, 0.05) is 13.0 Å². The summed E-state index contributed by atoms with van der Waals surface area (Å²) in [5.41, 5.74) is 3.37. The number of nitrogens with one attached hydrogen (secondary N) is 1. The summed E-state index contributed by atoms with van der Waals surface area (Å²) >= 11 is 0. The lowest BCUT2D eigenvalue weighted by Crippen LogP contribution is -2.46. The monoisotopic (exact) mass is 392 g/mol. The fraction of sp³-hybridized carbons (Fsp3) is 0.417. The van der Waals surface area contributed by atoms with Crippen LogP contribution >= 0.6 is 0 Å². The van der Waals surface area contributed by atoms with Crippen molar-refractivity contribution in [2.45, 2.75) is 57.6 Å². The van der Waals surface area contributed by atoms with Crippen molar-refractivity contribution >= 4 is 17.5 Å². The Kier molecular flexibility index (Phi) is 5.07. The van der Waals surface area contributed by atoms with Gasteiger partial charge in [0.25, 0.3) is 5.91 Å². The van der Waals surface area contributed by atoms with E-state index in [0.29, 0.717) is 12.3 Å². The summed E-state index contributed by atoms with van der Waals surface area (Å²) in [6.07, 6.45) is 1.67. The van der Waals surface area contributed by atoms with Gasteiger partial charge in [-0.15, -0.1) is 0 Å². The molecule has 2 aliphatic rings. The molecule has 2 aromatic rings. The predicted molar refractivity (Wildman–Crippen MR) is 113 cm³/mol. The molecule has 0 bridgehead atoms. The highest BCUT2D eigenvalue weighted by Crippen LogP contribution is 2.41. The van der Waals surface area contributed by atoms with E-state index in [-0.39, 0.29) is 29.7 Å². The first-order valence-corrected chi connectivity index (χ1v) is 10.3. The molecule has 0 saturated heterocycles. The Bertz CT molecular complexity index is 937. The molecule has 0 spiro atoms. The summed E-state index contributed by atoms with van der Waals surface area (Å²) in [6.45, 7) is 6.60. The fourth-order valence-electron chi connectivity index (χ4n) is 4.43. The summed E-state index contributed by atoms with van der Waals surface area (Å²) in [4.78, 5) is 27.0. The zero-order valence-corrected chi connectivity index (χ0v) is 17.3. The Morgan fingerprint density at radius 1 is 1.17 bits per heavy atom. The Balaban J connectivity index is 1.44. The number of fused-ring (bicyclic) bond motifs is 2. The Labute approximate surface area is 172 Å². The second-order valence-electron chi connectivity index (χ2n) is 8.60. The van der Waals surface area contributed by atoms with Gasteiger partial charge in [-0.2, -0.15) is 0 Å². The number of para-hydroxylation sites is 2. The van der Waals surface area contributed by atoms with Crippen molar-refractivity contribution in [2.75, 3.05) is 11.4 Å². The van der Waals surface area contributed by atoms with Crippen LogP contribution in [0, 0.1) is 0 Å². The number of hydrogen-bond donors (Lipinski definition) is 1. The predicted octanol–water partition coefficient (Wildman–Crippen LogP) is 4.12. The molecule has 1 heterocycles. The van der Waals surface area contributed by atoms with Crippen molar-refractivity contribution in [3.8, 4) is 5.75 Å². The highest BCUT2D eigenvalue weighted by atomic mass is 16.5. The quantitative estimate of drug-likeness (QED) is 0.852. The first-order chi connectivity index (χ1) is 13.9. The van der Waals surface area contributed by atoms with Crippen LogP contribution in [0.5, 0.6) is 5.75 Å². The van der Waals surface area contributed by atoms with Gasteiger partial charge in [0.15, 0.2) is 6.10 Å². The van der Waals surface area contributed by atoms with Crippen molar-refractivity contribution in [1.29, 1.82) is 0 Å². The van der Waals surface area contributed by atoms with Gasteiger partial charge in [-0.1, -0.05) is 50.2 Å². The lowest BCUT2D eigenvalue weighted by atomic mass is 9.71. The van der Waals surface area contributed by atoms with Crippen LogP contribution < -0.4 is 15.0 Å². The zero-order valence-electron chi connectivity index (χ0n) is 17.3. The maximum atomic E-state index is 12.7. The van der Waals surface area contributed by atoms with Gasteiger partial charge in [-0.3, -0.25) is 9.59 Å². The van der Waals surface area contributed by atoms with Crippen molar-refractivity contribution in [1.82, 2.24) is 5.32 Å². The molecule has 0 fully saturated rings. The highest BCUT2D eigenvalue weighted by molar-refractivity contribution is 6.00. The molecule has 1 aliphatic heterocycles. The van der Waals surface area contributed by atoms with Gasteiger partial charge in [-0.25, -0.2) is 0 Å². The smallest absolute Gasteiger partial charge is 0.267 e. The van der Waals surface area contributed by atoms with E-state index >= 15 is 0 Å². The lowest BCUT2D eigenvalue weighted by Gasteiger charge is -2.37. The second kappa shape index (κ2) is 7.54. The lowest BCUT2D eigenvalue weighted by molar-refractivity contribution is -0.125. The largest absolute Gasteiger partial charge is 0.479 e. The van der Waals surface area contributed by atoms with Crippen LogP contribution in [0.3, 0.4) is 0 Å². The number of amides is 2. The molecule has 0 saturated carbocycles.